The lowest BCUT2D eigenvalue weighted by Crippen LogP contribution is -2.40. The van der Waals surface area contributed by atoms with Crippen LogP contribution in [-0.2, 0) is 12.0 Å². The maximum atomic E-state index is 12.8. The fraction of sp³-hybridized carbons (Fsp3) is 0.435. The minimum Gasteiger partial charge on any atom is -0.355 e. The third-order valence-corrected chi connectivity index (χ3v) is 5.64. The van der Waals surface area contributed by atoms with E-state index in [2.05, 4.69) is 36.0 Å². The van der Waals surface area contributed by atoms with Crippen LogP contribution in [0.3, 0.4) is 0 Å². The zero-order valence-corrected chi connectivity index (χ0v) is 18.1. The number of piperidine rings is 1. The van der Waals surface area contributed by atoms with Crippen LogP contribution in [0.2, 0.25) is 0 Å². The van der Waals surface area contributed by atoms with Crippen LogP contribution in [0.4, 0.5) is 0 Å². The summed E-state index contributed by atoms with van der Waals surface area (Å²) in [4.78, 5) is 31.0. The Hall–Kier alpha value is -3.29. The Labute approximate surface area is 180 Å². The van der Waals surface area contributed by atoms with Gasteiger partial charge in [0.1, 0.15) is 0 Å². The van der Waals surface area contributed by atoms with Gasteiger partial charge in [-0.3, -0.25) is 14.6 Å². The first-order valence-corrected chi connectivity index (χ1v) is 10.6. The normalized spacial score (nSPS) is 15.3. The Morgan fingerprint density at radius 1 is 1.19 bits per heavy atom. The highest BCUT2D eigenvalue weighted by Gasteiger charge is 2.27. The van der Waals surface area contributed by atoms with Gasteiger partial charge in [-0.05, 0) is 37.0 Å². The molecule has 0 radical (unpaired) electrons. The molecule has 0 N–H and O–H groups in total. The smallest absolute Gasteiger partial charge is 0.276 e. The van der Waals surface area contributed by atoms with E-state index in [4.69, 9.17) is 4.52 Å². The first-order chi connectivity index (χ1) is 14.8. The molecule has 162 valence electrons. The maximum Gasteiger partial charge on any atom is 0.276 e. The highest BCUT2D eigenvalue weighted by atomic mass is 16.5. The van der Waals surface area contributed by atoms with Crippen LogP contribution in [0, 0.1) is 5.92 Å². The summed E-state index contributed by atoms with van der Waals surface area (Å²) in [6.45, 7) is 8.05. The topological polar surface area (TPSA) is 94.1 Å². The lowest BCUT2D eigenvalue weighted by Gasteiger charge is -2.31. The largest absolute Gasteiger partial charge is 0.355 e. The van der Waals surface area contributed by atoms with E-state index >= 15 is 0 Å². The Morgan fingerprint density at radius 3 is 2.65 bits per heavy atom. The van der Waals surface area contributed by atoms with Crippen molar-refractivity contribution >= 4 is 5.91 Å². The predicted molar refractivity (Wildman–Crippen MR) is 116 cm³/mol. The zero-order chi connectivity index (χ0) is 22.0. The number of carbonyl (C=O) groups excluding carboxylic acids is 1. The molecule has 0 saturated carbocycles. The van der Waals surface area contributed by atoms with E-state index in [1.165, 1.54) is 0 Å². The molecule has 1 aliphatic heterocycles. The standard InChI is InChI=1S/C23H27N5O3/c1-23(2,3)20-6-7-21(29)28(25-20)15-16-8-11-27(12-9-16)22(30)18-13-19(31-26-18)17-5-4-10-24-14-17/h4-7,10,13-14,16H,8-9,11-12,15H2,1-3H3. The highest BCUT2D eigenvalue weighted by Crippen LogP contribution is 2.23. The molecule has 4 rings (SSSR count). The van der Waals surface area contributed by atoms with Gasteiger partial charge in [-0.25, -0.2) is 4.68 Å². The third kappa shape index (κ3) is 4.73. The fourth-order valence-corrected chi connectivity index (χ4v) is 3.73. The van der Waals surface area contributed by atoms with Crippen LogP contribution in [-0.4, -0.2) is 43.8 Å². The van der Waals surface area contributed by atoms with E-state index in [9.17, 15) is 9.59 Å². The van der Waals surface area contributed by atoms with Crippen molar-refractivity contribution in [3.63, 3.8) is 0 Å². The van der Waals surface area contributed by atoms with Crippen molar-refractivity contribution in [2.75, 3.05) is 13.1 Å². The molecule has 1 aliphatic rings. The molecular formula is C23H27N5O3. The number of nitrogens with zero attached hydrogens (tertiary/aromatic N) is 5. The second-order valence-electron chi connectivity index (χ2n) is 9.04. The van der Waals surface area contributed by atoms with Gasteiger partial charge in [-0.15, -0.1) is 0 Å². The molecule has 1 saturated heterocycles. The average Bonchev–Trinajstić information content (AvgIpc) is 3.25. The number of likely N-dealkylation sites (tertiary alicyclic amines) is 1. The van der Waals surface area contributed by atoms with Crippen molar-refractivity contribution in [1.82, 2.24) is 24.8 Å². The van der Waals surface area contributed by atoms with Crippen LogP contribution in [0.15, 0.2) is 52.0 Å². The quantitative estimate of drug-likeness (QED) is 0.642. The van der Waals surface area contributed by atoms with Crippen molar-refractivity contribution in [3.05, 3.63) is 64.5 Å². The molecule has 0 atom stereocenters. The Balaban J connectivity index is 1.38. The molecule has 4 heterocycles. The molecule has 1 fully saturated rings. The number of hydrogen-bond donors (Lipinski definition) is 0. The minimum atomic E-state index is -0.137. The van der Waals surface area contributed by atoms with Crippen LogP contribution in [0.25, 0.3) is 11.3 Å². The maximum absolute atomic E-state index is 12.8. The summed E-state index contributed by atoms with van der Waals surface area (Å²) >= 11 is 0. The molecule has 0 spiro atoms. The molecule has 31 heavy (non-hydrogen) atoms. The first kappa shape index (κ1) is 21.0. The van der Waals surface area contributed by atoms with E-state index in [1.807, 2.05) is 12.1 Å². The summed E-state index contributed by atoms with van der Waals surface area (Å²) in [7, 11) is 0. The van der Waals surface area contributed by atoms with Gasteiger partial charge in [0.15, 0.2) is 11.5 Å². The summed E-state index contributed by atoms with van der Waals surface area (Å²) in [5.74, 6) is 0.686. The minimum absolute atomic E-state index is 0.0861. The molecule has 8 heteroatoms. The summed E-state index contributed by atoms with van der Waals surface area (Å²) in [5.41, 5.74) is 1.78. The average molecular weight is 422 g/mol. The second kappa shape index (κ2) is 8.45. The van der Waals surface area contributed by atoms with Gasteiger partial charge in [0.2, 0.25) is 0 Å². The Kier molecular flexibility index (Phi) is 5.71. The Bertz CT molecular complexity index is 1110. The fourth-order valence-electron chi connectivity index (χ4n) is 3.73. The Morgan fingerprint density at radius 2 is 1.97 bits per heavy atom. The first-order valence-electron chi connectivity index (χ1n) is 10.6. The second-order valence-corrected chi connectivity index (χ2v) is 9.04. The molecule has 3 aromatic heterocycles. The van der Waals surface area contributed by atoms with Gasteiger partial charge in [0.25, 0.3) is 11.5 Å². The van der Waals surface area contributed by atoms with Crippen LogP contribution < -0.4 is 5.56 Å². The summed E-state index contributed by atoms with van der Waals surface area (Å²) in [6, 6.07) is 8.72. The van der Waals surface area contributed by atoms with Crippen LogP contribution in [0.1, 0.15) is 49.8 Å². The number of pyridine rings is 1. The van der Waals surface area contributed by atoms with E-state index in [-0.39, 0.29) is 16.9 Å². The van der Waals surface area contributed by atoms with Crippen molar-refractivity contribution in [2.45, 2.75) is 45.6 Å². The monoisotopic (exact) mass is 421 g/mol. The lowest BCUT2D eigenvalue weighted by molar-refractivity contribution is 0.0670. The predicted octanol–water partition coefficient (Wildman–Crippen LogP) is 3.14. The number of amides is 1. The van der Waals surface area contributed by atoms with Gasteiger partial charge in [-0.2, -0.15) is 5.10 Å². The SMILES string of the molecule is CC(C)(C)c1ccc(=O)n(CC2CCN(C(=O)c3cc(-c4cccnc4)on3)CC2)n1. The van der Waals surface area contributed by atoms with E-state index in [1.54, 1.807) is 40.2 Å². The number of rotatable bonds is 4. The van der Waals surface area contributed by atoms with Crippen LogP contribution in [0.5, 0.6) is 0 Å². The van der Waals surface area contributed by atoms with Crippen molar-refractivity contribution in [3.8, 4) is 11.3 Å². The summed E-state index contributed by atoms with van der Waals surface area (Å²) in [5, 5.41) is 8.52. The molecule has 8 nitrogen and oxygen atoms in total. The van der Waals surface area contributed by atoms with E-state index < -0.39 is 0 Å². The van der Waals surface area contributed by atoms with E-state index in [0.717, 1.165) is 24.1 Å². The van der Waals surface area contributed by atoms with Gasteiger partial charge in [-0.1, -0.05) is 25.9 Å². The summed E-state index contributed by atoms with van der Waals surface area (Å²) < 4.78 is 6.90. The molecule has 3 aromatic rings. The third-order valence-electron chi connectivity index (χ3n) is 5.64. The van der Waals surface area contributed by atoms with E-state index in [0.29, 0.717) is 37.0 Å². The van der Waals surface area contributed by atoms with Crippen molar-refractivity contribution in [1.29, 1.82) is 0 Å². The van der Waals surface area contributed by atoms with Crippen molar-refractivity contribution in [2.24, 2.45) is 5.92 Å². The molecule has 1 amide bonds. The van der Waals surface area contributed by atoms with Gasteiger partial charge < -0.3 is 9.42 Å². The van der Waals surface area contributed by atoms with Gasteiger partial charge in [0.05, 0.1) is 5.69 Å². The summed E-state index contributed by atoms with van der Waals surface area (Å²) in [6.07, 6.45) is 4.98. The zero-order valence-electron chi connectivity index (χ0n) is 18.1. The molecule has 0 unspecified atom stereocenters. The molecular weight excluding hydrogens is 394 g/mol. The van der Waals surface area contributed by atoms with Gasteiger partial charge >= 0.3 is 0 Å². The number of carbonyl (C=O) groups is 1. The van der Waals surface area contributed by atoms with Gasteiger partial charge in [0, 0.05) is 55.1 Å². The number of hydrogen-bond acceptors (Lipinski definition) is 6. The lowest BCUT2D eigenvalue weighted by atomic mass is 9.92. The van der Waals surface area contributed by atoms with Crippen LogP contribution >= 0.6 is 0 Å². The molecule has 0 bridgehead atoms. The molecule has 0 aromatic carbocycles. The highest BCUT2D eigenvalue weighted by molar-refractivity contribution is 5.93. The number of aromatic nitrogens is 4. The van der Waals surface area contributed by atoms with Crippen molar-refractivity contribution < 1.29 is 9.32 Å². The molecule has 0 aliphatic carbocycles.